The van der Waals surface area contributed by atoms with Crippen LogP contribution in [-0.4, -0.2) is 34.4 Å². The van der Waals surface area contributed by atoms with Crippen LogP contribution in [0.15, 0.2) is 59.5 Å². The zero-order chi connectivity index (χ0) is 18.9. The normalized spacial score (nSPS) is 19.6. The third-order valence-corrected chi connectivity index (χ3v) is 8.30. The van der Waals surface area contributed by atoms with Crippen molar-refractivity contribution in [3.05, 3.63) is 60.2 Å². The molecule has 0 aromatic heterocycles. The van der Waals surface area contributed by atoms with E-state index in [1.54, 1.807) is 42.5 Å². The van der Waals surface area contributed by atoms with Crippen molar-refractivity contribution in [1.82, 2.24) is 0 Å². The van der Waals surface area contributed by atoms with Crippen LogP contribution in [0.1, 0.15) is 31.7 Å². The maximum atomic E-state index is 13.3. The molecule has 1 atom stereocenters. The Labute approximate surface area is 155 Å². The first-order valence-electron chi connectivity index (χ1n) is 8.60. The van der Waals surface area contributed by atoms with Crippen molar-refractivity contribution in [2.75, 3.05) is 15.8 Å². The summed E-state index contributed by atoms with van der Waals surface area (Å²) in [5.41, 5.74) is 1.54. The third kappa shape index (κ3) is 3.78. The highest BCUT2D eigenvalue weighted by Crippen LogP contribution is 2.31. The number of para-hydroxylation sites is 1. The maximum absolute atomic E-state index is 13.3. The number of hydrogen-bond acceptors (Lipinski definition) is 4. The van der Waals surface area contributed by atoms with E-state index in [9.17, 15) is 16.8 Å². The number of nitrogens with zero attached hydrogens (tertiary/aromatic N) is 1. The number of sulfonamides is 1. The average molecular weight is 394 g/mol. The minimum atomic E-state index is -3.86. The lowest BCUT2D eigenvalue weighted by molar-refractivity contribution is 0.580. The second kappa shape index (κ2) is 7.04. The number of anilines is 1. The van der Waals surface area contributed by atoms with E-state index in [4.69, 9.17) is 0 Å². The van der Waals surface area contributed by atoms with Crippen molar-refractivity contribution in [2.45, 2.75) is 37.1 Å². The van der Waals surface area contributed by atoms with Gasteiger partial charge in [-0.05, 0) is 42.2 Å². The largest absolute Gasteiger partial charge is 0.264 e. The van der Waals surface area contributed by atoms with Crippen molar-refractivity contribution in [1.29, 1.82) is 0 Å². The van der Waals surface area contributed by atoms with Gasteiger partial charge in [-0.3, -0.25) is 4.31 Å². The predicted octanol–water partition coefficient (Wildman–Crippen LogP) is 3.19. The zero-order valence-electron chi connectivity index (χ0n) is 14.9. The van der Waals surface area contributed by atoms with E-state index in [0.717, 1.165) is 5.56 Å². The number of sulfone groups is 1. The molecule has 1 saturated heterocycles. The SMILES string of the molecule is CC(C)c1ccc(S(=O)(=O)N(c2ccccc2)[C@H]2CCS(=O)(=O)C2)cc1. The van der Waals surface area contributed by atoms with E-state index in [1.165, 1.54) is 4.31 Å². The molecule has 0 amide bonds. The minimum Gasteiger partial charge on any atom is -0.262 e. The molecule has 1 fully saturated rings. The number of rotatable bonds is 5. The standard InChI is InChI=1S/C19H23NO4S2/c1-15(2)16-8-10-19(11-9-16)26(23,24)20(17-6-4-3-5-7-17)18-12-13-25(21,22)14-18/h3-11,15,18H,12-14H2,1-2H3/t18-/m0/s1. The summed E-state index contributed by atoms with van der Waals surface area (Å²) < 4.78 is 51.8. The van der Waals surface area contributed by atoms with Crippen LogP contribution >= 0.6 is 0 Å². The highest BCUT2D eigenvalue weighted by atomic mass is 32.2. The highest BCUT2D eigenvalue weighted by molar-refractivity contribution is 7.93. The van der Waals surface area contributed by atoms with Gasteiger partial charge in [-0.1, -0.05) is 44.2 Å². The molecule has 1 aliphatic rings. The lowest BCUT2D eigenvalue weighted by Crippen LogP contribution is -2.41. The molecule has 140 valence electrons. The zero-order valence-corrected chi connectivity index (χ0v) is 16.5. The van der Waals surface area contributed by atoms with Crippen LogP contribution in [0, 0.1) is 0 Å². The van der Waals surface area contributed by atoms with Crippen molar-refractivity contribution in [2.24, 2.45) is 0 Å². The molecule has 0 spiro atoms. The van der Waals surface area contributed by atoms with Gasteiger partial charge in [0.25, 0.3) is 10.0 Å². The molecule has 5 nitrogen and oxygen atoms in total. The molecule has 2 aromatic rings. The van der Waals surface area contributed by atoms with E-state index in [1.807, 2.05) is 26.0 Å². The molecule has 0 radical (unpaired) electrons. The Bertz CT molecular complexity index is 966. The van der Waals surface area contributed by atoms with E-state index < -0.39 is 25.9 Å². The van der Waals surface area contributed by atoms with Crippen molar-refractivity contribution >= 4 is 25.5 Å². The van der Waals surface area contributed by atoms with Crippen LogP contribution < -0.4 is 4.31 Å². The molecule has 0 unspecified atom stereocenters. The first kappa shape index (κ1) is 18.9. The van der Waals surface area contributed by atoms with Gasteiger partial charge in [0.1, 0.15) is 0 Å². The second-order valence-corrected chi connectivity index (χ2v) is 11.0. The van der Waals surface area contributed by atoms with Crippen LogP contribution in [0.4, 0.5) is 5.69 Å². The Morgan fingerprint density at radius 2 is 1.62 bits per heavy atom. The molecule has 1 heterocycles. The van der Waals surface area contributed by atoms with Crippen LogP contribution in [0.25, 0.3) is 0 Å². The van der Waals surface area contributed by atoms with Gasteiger partial charge in [-0.2, -0.15) is 0 Å². The molecule has 2 aromatic carbocycles. The lowest BCUT2D eigenvalue weighted by atomic mass is 10.0. The van der Waals surface area contributed by atoms with Gasteiger partial charge in [0, 0.05) is 0 Å². The van der Waals surface area contributed by atoms with Crippen molar-refractivity contribution in [3.63, 3.8) is 0 Å². The minimum absolute atomic E-state index is 0.0167. The summed E-state index contributed by atoms with van der Waals surface area (Å²) in [6.45, 7) is 4.09. The van der Waals surface area contributed by atoms with Gasteiger partial charge < -0.3 is 0 Å². The van der Waals surface area contributed by atoms with Crippen LogP contribution in [0.3, 0.4) is 0 Å². The Hall–Kier alpha value is -1.86. The molecule has 0 saturated carbocycles. The van der Waals surface area contributed by atoms with Crippen LogP contribution in [0.5, 0.6) is 0 Å². The van der Waals surface area contributed by atoms with Crippen LogP contribution in [0.2, 0.25) is 0 Å². The first-order chi connectivity index (χ1) is 12.2. The van der Waals surface area contributed by atoms with E-state index in [0.29, 0.717) is 18.0 Å². The maximum Gasteiger partial charge on any atom is 0.264 e. The summed E-state index contributed by atoms with van der Waals surface area (Å²) in [5.74, 6) is 0.172. The number of hydrogen-bond donors (Lipinski definition) is 0. The molecular formula is C19H23NO4S2. The summed E-state index contributed by atoms with van der Waals surface area (Å²) in [6.07, 6.45) is 0.306. The molecule has 0 aliphatic carbocycles. The molecular weight excluding hydrogens is 370 g/mol. The summed E-state index contributed by atoms with van der Waals surface area (Å²) in [7, 11) is -7.08. The molecule has 0 bridgehead atoms. The van der Waals surface area contributed by atoms with Gasteiger partial charge in [0.05, 0.1) is 28.1 Å². The Morgan fingerprint density at radius 3 is 2.12 bits per heavy atom. The predicted molar refractivity (Wildman–Crippen MR) is 104 cm³/mol. The van der Waals surface area contributed by atoms with Gasteiger partial charge in [0.15, 0.2) is 9.84 Å². The lowest BCUT2D eigenvalue weighted by Gasteiger charge is -2.29. The van der Waals surface area contributed by atoms with E-state index in [-0.39, 0.29) is 16.4 Å². The molecule has 1 aliphatic heterocycles. The topological polar surface area (TPSA) is 71.5 Å². The van der Waals surface area contributed by atoms with Gasteiger partial charge in [0.2, 0.25) is 0 Å². The average Bonchev–Trinajstić information content (AvgIpc) is 2.95. The molecule has 7 heteroatoms. The highest BCUT2D eigenvalue weighted by Gasteiger charge is 2.39. The fraction of sp³-hybridized carbons (Fsp3) is 0.368. The Balaban J connectivity index is 2.05. The monoisotopic (exact) mass is 393 g/mol. The van der Waals surface area contributed by atoms with E-state index >= 15 is 0 Å². The van der Waals surface area contributed by atoms with Gasteiger partial charge >= 0.3 is 0 Å². The van der Waals surface area contributed by atoms with E-state index in [2.05, 4.69) is 0 Å². The fourth-order valence-corrected chi connectivity index (χ4v) is 6.69. The Morgan fingerprint density at radius 1 is 1.00 bits per heavy atom. The number of benzene rings is 2. The fourth-order valence-electron chi connectivity index (χ4n) is 3.22. The van der Waals surface area contributed by atoms with Crippen molar-refractivity contribution < 1.29 is 16.8 Å². The molecule has 3 rings (SSSR count). The second-order valence-electron chi connectivity index (χ2n) is 6.92. The quantitative estimate of drug-likeness (QED) is 0.782. The smallest absolute Gasteiger partial charge is 0.262 e. The third-order valence-electron chi connectivity index (χ3n) is 4.65. The van der Waals surface area contributed by atoms with Crippen molar-refractivity contribution in [3.8, 4) is 0 Å². The van der Waals surface area contributed by atoms with Gasteiger partial charge in [-0.25, -0.2) is 16.8 Å². The molecule has 26 heavy (non-hydrogen) atoms. The summed E-state index contributed by atoms with van der Waals surface area (Å²) >= 11 is 0. The first-order valence-corrected chi connectivity index (χ1v) is 11.9. The summed E-state index contributed by atoms with van der Waals surface area (Å²) in [6, 6.07) is 14.9. The summed E-state index contributed by atoms with van der Waals surface area (Å²) in [5, 5.41) is 0. The summed E-state index contributed by atoms with van der Waals surface area (Å²) in [4.78, 5) is 0.176. The van der Waals surface area contributed by atoms with Gasteiger partial charge in [-0.15, -0.1) is 0 Å². The van der Waals surface area contributed by atoms with Crippen LogP contribution in [-0.2, 0) is 19.9 Å². The molecule has 0 N–H and O–H groups in total. The Kier molecular flexibility index (Phi) is 5.12.